The van der Waals surface area contributed by atoms with Gasteiger partial charge in [-0.3, -0.25) is 0 Å². The van der Waals surface area contributed by atoms with Crippen LogP contribution in [0.15, 0.2) is 23.1 Å². The highest BCUT2D eigenvalue weighted by Crippen LogP contribution is 2.27. The fraction of sp³-hybridized carbons (Fsp3) is 0.500. The molecule has 1 aromatic rings. The predicted molar refractivity (Wildman–Crippen MR) is 73.1 cm³/mol. The number of nitriles is 1. The van der Waals surface area contributed by atoms with Crippen molar-refractivity contribution in [2.45, 2.75) is 31.6 Å². The van der Waals surface area contributed by atoms with Gasteiger partial charge in [0.25, 0.3) is 0 Å². The van der Waals surface area contributed by atoms with E-state index >= 15 is 0 Å². The first kappa shape index (κ1) is 14.0. The van der Waals surface area contributed by atoms with Crippen LogP contribution in [0.2, 0.25) is 0 Å². The summed E-state index contributed by atoms with van der Waals surface area (Å²) in [4.78, 5) is 0.267. The van der Waals surface area contributed by atoms with Crippen LogP contribution in [0.5, 0.6) is 0 Å². The van der Waals surface area contributed by atoms with Crippen molar-refractivity contribution in [3.8, 4) is 6.07 Å². The van der Waals surface area contributed by atoms with Crippen molar-refractivity contribution in [2.24, 2.45) is 5.92 Å². The van der Waals surface area contributed by atoms with Crippen LogP contribution in [0.1, 0.15) is 30.9 Å². The molecule has 1 atom stereocenters. The van der Waals surface area contributed by atoms with Crippen molar-refractivity contribution in [1.29, 1.82) is 5.26 Å². The van der Waals surface area contributed by atoms with Crippen LogP contribution in [-0.2, 0) is 10.0 Å². The molecule has 1 saturated heterocycles. The van der Waals surface area contributed by atoms with Gasteiger partial charge in [0.1, 0.15) is 0 Å². The lowest BCUT2D eigenvalue weighted by atomic mass is 10.1. The summed E-state index contributed by atoms with van der Waals surface area (Å²) in [6.45, 7) is 5.02. The Labute approximate surface area is 114 Å². The van der Waals surface area contributed by atoms with Gasteiger partial charge in [0.05, 0.1) is 16.5 Å². The third kappa shape index (κ3) is 2.65. The zero-order valence-corrected chi connectivity index (χ0v) is 12.1. The van der Waals surface area contributed by atoms with E-state index < -0.39 is 10.0 Å². The Morgan fingerprint density at radius 2 is 2.21 bits per heavy atom. The maximum Gasteiger partial charge on any atom is 0.243 e. The van der Waals surface area contributed by atoms with Crippen molar-refractivity contribution >= 4 is 10.0 Å². The topological polar surface area (TPSA) is 61.2 Å². The van der Waals surface area contributed by atoms with Crippen LogP contribution in [-0.4, -0.2) is 25.8 Å². The highest BCUT2D eigenvalue weighted by molar-refractivity contribution is 7.89. The molecule has 1 heterocycles. The fourth-order valence-electron chi connectivity index (χ4n) is 2.44. The Morgan fingerprint density at radius 3 is 2.79 bits per heavy atom. The predicted octanol–water partition coefficient (Wildman–Crippen LogP) is 2.29. The normalized spacial score (nSPS) is 20.4. The van der Waals surface area contributed by atoms with Gasteiger partial charge in [-0.2, -0.15) is 9.57 Å². The van der Waals surface area contributed by atoms with E-state index in [4.69, 9.17) is 5.26 Å². The highest BCUT2D eigenvalue weighted by atomic mass is 32.2. The number of rotatable bonds is 3. The van der Waals surface area contributed by atoms with E-state index in [0.29, 0.717) is 30.1 Å². The van der Waals surface area contributed by atoms with E-state index in [0.717, 1.165) is 12.8 Å². The molecule has 1 aliphatic rings. The first-order chi connectivity index (χ1) is 8.98. The molecule has 1 unspecified atom stereocenters. The molecular weight excluding hydrogens is 260 g/mol. The summed E-state index contributed by atoms with van der Waals surface area (Å²) in [6, 6.07) is 6.81. The number of aryl methyl sites for hydroxylation is 1. The van der Waals surface area contributed by atoms with Gasteiger partial charge in [-0.15, -0.1) is 0 Å². The molecule has 4 nitrogen and oxygen atoms in total. The fourth-order valence-corrected chi connectivity index (χ4v) is 4.22. The summed E-state index contributed by atoms with van der Waals surface area (Å²) in [5, 5.41) is 8.91. The van der Waals surface area contributed by atoms with Gasteiger partial charge >= 0.3 is 0 Å². The molecule has 0 N–H and O–H groups in total. The largest absolute Gasteiger partial charge is 0.243 e. The second-order valence-electron chi connectivity index (χ2n) is 5.02. The number of nitrogens with zero attached hydrogens (tertiary/aromatic N) is 2. The van der Waals surface area contributed by atoms with Crippen LogP contribution < -0.4 is 0 Å². The minimum atomic E-state index is -3.46. The first-order valence-electron chi connectivity index (χ1n) is 6.50. The van der Waals surface area contributed by atoms with Gasteiger partial charge in [-0.05, 0) is 37.0 Å². The molecule has 19 heavy (non-hydrogen) atoms. The van der Waals surface area contributed by atoms with Crippen molar-refractivity contribution < 1.29 is 8.42 Å². The number of hydrogen-bond acceptors (Lipinski definition) is 3. The Bertz CT molecular complexity index is 617. The average Bonchev–Trinajstić information content (AvgIpc) is 2.88. The van der Waals surface area contributed by atoms with E-state index in [9.17, 15) is 8.42 Å². The molecule has 5 heteroatoms. The lowest BCUT2D eigenvalue weighted by Gasteiger charge is -2.18. The van der Waals surface area contributed by atoms with Gasteiger partial charge in [-0.25, -0.2) is 8.42 Å². The SMILES string of the molecule is CCC1CCN(S(=O)(=O)c2cc(C#N)ccc2C)C1. The molecule has 0 aromatic heterocycles. The molecule has 0 bridgehead atoms. The minimum absolute atomic E-state index is 0.267. The smallest absolute Gasteiger partial charge is 0.207 e. The Balaban J connectivity index is 2.38. The van der Waals surface area contributed by atoms with E-state index in [-0.39, 0.29) is 4.90 Å². The summed E-state index contributed by atoms with van der Waals surface area (Å²) < 4.78 is 26.7. The molecule has 102 valence electrons. The van der Waals surface area contributed by atoms with Gasteiger partial charge in [0.2, 0.25) is 10.0 Å². The Kier molecular flexibility index (Phi) is 3.93. The molecule has 2 rings (SSSR count). The quantitative estimate of drug-likeness (QED) is 0.852. The maximum absolute atomic E-state index is 12.6. The van der Waals surface area contributed by atoms with E-state index in [1.807, 2.05) is 6.07 Å². The van der Waals surface area contributed by atoms with E-state index in [2.05, 4.69) is 6.92 Å². The standard InChI is InChI=1S/C14H18N2O2S/c1-3-12-6-7-16(10-12)19(17,18)14-8-13(9-15)5-4-11(14)2/h4-5,8,12H,3,6-7,10H2,1-2H3. The monoisotopic (exact) mass is 278 g/mol. The van der Waals surface area contributed by atoms with Crippen molar-refractivity contribution in [3.63, 3.8) is 0 Å². The summed E-state index contributed by atoms with van der Waals surface area (Å²) >= 11 is 0. The summed E-state index contributed by atoms with van der Waals surface area (Å²) in [7, 11) is -3.46. The molecule has 1 fully saturated rings. The zero-order chi connectivity index (χ0) is 14.0. The van der Waals surface area contributed by atoms with E-state index in [1.165, 1.54) is 6.07 Å². The zero-order valence-electron chi connectivity index (χ0n) is 11.3. The Morgan fingerprint density at radius 1 is 1.47 bits per heavy atom. The van der Waals surface area contributed by atoms with Crippen LogP contribution in [0.3, 0.4) is 0 Å². The minimum Gasteiger partial charge on any atom is -0.207 e. The van der Waals surface area contributed by atoms with Gasteiger partial charge in [-0.1, -0.05) is 19.4 Å². The molecular formula is C14H18N2O2S. The number of sulfonamides is 1. The molecule has 0 radical (unpaired) electrons. The van der Waals surface area contributed by atoms with Gasteiger partial charge < -0.3 is 0 Å². The number of benzene rings is 1. The maximum atomic E-state index is 12.6. The van der Waals surface area contributed by atoms with Crippen LogP contribution >= 0.6 is 0 Å². The summed E-state index contributed by atoms with van der Waals surface area (Å²) in [6.07, 6.45) is 1.93. The van der Waals surface area contributed by atoms with Crippen LogP contribution in [0, 0.1) is 24.2 Å². The van der Waals surface area contributed by atoms with Crippen LogP contribution in [0.4, 0.5) is 0 Å². The average molecular weight is 278 g/mol. The van der Waals surface area contributed by atoms with Gasteiger partial charge in [0, 0.05) is 13.1 Å². The summed E-state index contributed by atoms with van der Waals surface area (Å²) in [5.74, 6) is 0.453. The molecule has 1 aliphatic heterocycles. The second-order valence-corrected chi connectivity index (χ2v) is 6.92. The van der Waals surface area contributed by atoms with Gasteiger partial charge in [0.15, 0.2) is 0 Å². The molecule has 0 aliphatic carbocycles. The molecule has 1 aromatic carbocycles. The van der Waals surface area contributed by atoms with Crippen molar-refractivity contribution in [1.82, 2.24) is 4.31 Å². The first-order valence-corrected chi connectivity index (χ1v) is 7.94. The number of hydrogen-bond donors (Lipinski definition) is 0. The highest BCUT2D eigenvalue weighted by Gasteiger charge is 2.32. The van der Waals surface area contributed by atoms with Crippen molar-refractivity contribution in [3.05, 3.63) is 29.3 Å². The second kappa shape index (κ2) is 5.32. The lowest BCUT2D eigenvalue weighted by Crippen LogP contribution is -2.29. The van der Waals surface area contributed by atoms with E-state index in [1.54, 1.807) is 23.4 Å². The lowest BCUT2D eigenvalue weighted by molar-refractivity contribution is 0.452. The Hall–Kier alpha value is -1.38. The third-order valence-corrected chi connectivity index (χ3v) is 5.77. The molecule has 0 amide bonds. The summed E-state index contributed by atoms with van der Waals surface area (Å²) in [5.41, 5.74) is 1.08. The molecule has 0 saturated carbocycles. The van der Waals surface area contributed by atoms with Crippen molar-refractivity contribution in [2.75, 3.05) is 13.1 Å². The van der Waals surface area contributed by atoms with Crippen LogP contribution in [0.25, 0.3) is 0 Å². The third-order valence-electron chi connectivity index (χ3n) is 3.76. The molecule has 0 spiro atoms.